The Labute approximate surface area is 241 Å². The number of nitrogens with one attached hydrogen (secondary N) is 1. The first-order valence-corrected chi connectivity index (χ1v) is 16.1. The van der Waals surface area contributed by atoms with E-state index >= 15 is 0 Å². The van der Waals surface area contributed by atoms with Crippen LogP contribution in [0.2, 0.25) is 0 Å². The molecule has 41 heavy (non-hydrogen) atoms. The number of aryl methyl sites for hydroxylation is 1. The van der Waals surface area contributed by atoms with Gasteiger partial charge in [0, 0.05) is 19.5 Å². The zero-order valence-electron chi connectivity index (χ0n) is 23.4. The number of hydrogen-bond donors (Lipinski definition) is 2. The molecule has 0 saturated carbocycles. The predicted molar refractivity (Wildman–Crippen MR) is 156 cm³/mol. The van der Waals surface area contributed by atoms with E-state index in [9.17, 15) is 26.7 Å². The van der Waals surface area contributed by atoms with Gasteiger partial charge in [-0.05, 0) is 50.2 Å². The number of carbonyl (C=O) groups excluding carboxylic acids is 1. The average molecular weight is 602 g/mol. The number of aliphatic hydroxyl groups is 1. The van der Waals surface area contributed by atoms with Crippen molar-refractivity contribution >= 4 is 31.6 Å². The first kappa shape index (κ1) is 30.5. The van der Waals surface area contributed by atoms with E-state index in [4.69, 9.17) is 4.74 Å². The highest BCUT2D eigenvalue weighted by Gasteiger charge is 2.36. The van der Waals surface area contributed by atoms with Gasteiger partial charge in [0.05, 0.1) is 40.2 Å². The summed E-state index contributed by atoms with van der Waals surface area (Å²) in [6.07, 6.45) is -0.775. The molecule has 10 nitrogen and oxygen atoms in total. The molecule has 0 aromatic heterocycles. The van der Waals surface area contributed by atoms with Crippen LogP contribution in [-0.4, -0.2) is 75.9 Å². The van der Waals surface area contributed by atoms with Crippen LogP contribution in [0.25, 0.3) is 0 Å². The number of carbonyl (C=O) groups is 1. The Morgan fingerprint density at radius 1 is 1.00 bits per heavy atom. The zero-order chi connectivity index (χ0) is 29.9. The third kappa shape index (κ3) is 6.56. The molecule has 3 aromatic rings. The van der Waals surface area contributed by atoms with Crippen LogP contribution in [0.3, 0.4) is 0 Å². The van der Waals surface area contributed by atoms with Gasteiger partial charge in [-0.25, -0.2) is 16.8 Å². The van der Waals surface area contributed by atoms with Crippen molar-refractivity contribution in [3.05, 3.63) is 83.9 Å². The standard InChI is InChI=1S/C29H35N3O7S2/c1-20-13-15-24(16-14-20)41(37,38)31(4)18-27-21(2)17-32(22(3)19-33)29(34)25-11-8-12-26(28(25)39-27)30-40(35,36)23-9-6-5-7-10-23/h5-16,21-22,27,30,33H,17-19H2,1-4H3/t21-,22-,27-/m1/s1. The number of sulfonamides is 2. The molecule has 0 aliphatic carbocycles. The fraction of sp³-hybridized carbons (Fsp3) is 0.345. The second-order valence-corrected chi connectivity index (χ2v) is 14.0. The van der Waals surface area contributed by atoms with Gasteiger partial charge in [-0.2, -0.15) is 4.31 Å². The van der Waals surface area contributed by atoms with Crippen molar-refractivity contribution in [2.24, 2.45) is 5.92 Å². The first-order valence-electron chi connectivity index (χ1n) is 13.2. The number of fused-ring (bicyclic) bond motifs is 1. The third-order valence-electron chi connectivity index (χ3n) is 7.16. The predicted octanol–water partition coefficient (Wildman–Crippen LogP) is 3.34. The summed E-state index contributed by atoms with van der Waals surface area (Å²) in [5.41, 5.74) is 1.06. The number of rotatable bonds is 9. The number of benzene rings is 3. The fourth-order valence-corrected chi connectivity index (χ4v) is 6.85. The topological polar surface area (TPSA) is 133 Å². The second kappa shape index (κ2) is 12.2. The molecule has 220 valence electrons. The van der Waals surface area contributed by atoms with Gasteiger partial charge in [-0.3, -0.25) is 9.52 Å². The molecule has 1 aliphatic heterocycles. The van der Waals surface area contributed by atoms with Gasteiger partial charge in [0.1, 0.15) is 6.10 Å². The molecule has 0 saturated heterocycles. The van der Waals surface area contributed by atoms with Crippen LogP contribution in [-0.2, 0) is 20.0 Å². The molecule has 4 rings (SSSR count). The van der Waals surface area contributed by atoms with E-state index < -0.39 is 44.0 Å². The summed E-state index contributed by atoms with van der Waals surface area (Å²) in [5, 5.41) is 9.89. The smallest absolute Gasteiger partial charge is 0.262 e. The van der Waals surface area contributed by atoms with E-state index in [-0.39, 0.29) is 46.5 Å². The van der Waals surface area contributed by atoms with Gasteiger partial charge in [-0.1, -0.05) is 48.9 Å². The van der Waals surface area contributed by atoms with Crippen molar-refractivity contribution in [2.45, 2.75) is 42.7 Å². The summed E-state index contributed by atoms with van der Waals surface area (Å²) in [6.45, 7) is 5.21. The third-order valence-corrected chi connectivity index (χ3v) is 10.4. The molecule has 1 heterocycles. The van der Waals surface area contributed by atoms with Crippen molar-refractivity contribution in [1.29, 1.82) is 0 Å². The lowest BCUT2D eigenvalue weighted by molar-refractivity contribution is 0.0389. The molecular formula is C29H35N3O7S2. The monoisotopic (exact) mass is 601 g/mol. The number of aliphatic hydroxyl groups excluding tert-OH is 1. The highest BCUT2D eigenvalue weighted by Crippen LogP contribution is 2.36. The van der Waals surface area contributed by atoms with Gasteiger partial charge >= 0.3 is 0 Å². The summed E-state index contributed by atoms with van der Waals surface area (Å²) in [6, 6.07) is 18.3. The zero-order valence-corrected chi connectivity index (χ0v) is 25.0. The summed E-state index contributed by atoms with van der Waals surface area (Å²) < 4.78 is 63.3. The van der Waals surface area contributed by atoms with Crippen molar-refractivity contribution in [3.8, 4) is 5.75 Å². The Hall–Kier alpha value is -3.45. The maximum atomic E-state index is 13.7. The molecule has 3 aromatic carbocycles. The van der Waals surface area contributed by atoms with E-state index in [2.05, 4.69) is 4.72 Å². The largest absolute Gasteiger partial charge is 0.486 e. The van der Waals surface area contributed by atoms with Crippen LogP contribution >= 0.6 is 0 Å². The molecule has 0 bridgehead atoms. The number of nitrogens with zero attached hydrogens (tertiary/aromatic N) is 2. The molecular weight excluding hydrogens is 566 g/mol. The molecule has 0 unspecified atom stereocenters. The maximum Gasteiger partial charge on any atom is 0.262 e. The lowest BCUT2D eigenvalue weighted by Crippen LogP contribution is -2.50. The number of likely N-dealkylation sites (N-methyl/N-ethyl adjacent to an activating group) is 1. The Bertz CT molecular complexity index is 1600. The minimum atomic E-state index is -4.04. The molecule has 1 amide bonds. The first-order chi connectivity index (χ1) is 19.3. The fourth-order valence-electron chi connectivity index (χ4n) is 4.59. The van der Waals surface area contributed by atoms with Gasteiger partial charge in [0.15, 0.2) is 5.75 Å². The normalized spacial score (nSPS) is 18.7. The summed E-state index contributed by atoms with van der Waals surface area (Å²) >= 11 is 0. The van der Waals surface area contributed by atoms with Gasteiger partial charge in [0.2, 0.25) is 10.0 Å². The number of para-hydroxylation sites is 1. The summed E-state index contributed by atoms with van der Waals surface area (Å²) in [4.78, 5) is 15.3. The number of amides is 1. The average Bonchev–Trinajstić information content (AvgIpc) is 2.95. The van der Waals surface area contributed by atoms with E-state index in [1.54, 1.807) is 55.5 Å². The Kier molecular flexibility index (Phi) is 9.07. The Morgan fingerprint density at radius 3 is 2.29 bits per heavy atom. The number of hydrogen-bond acceptors (Lipinski definition) is 7. The molecule has 0 fully saturated rings. The van der Waals surface area contributed by atoms with Crippen LogP contribution in [0.4, 0.5) is 5.69 Å². The van der Waals surface area contributed by atoms with Gasteiger partial charge < -0.3 is 14.7 Å². The molecule has 0 spiro atoms. The molecule has 2 N–H and O–H groups in total. The van der Waals surface area contributed by atoms with Crippen molar-refractivity contribution in [3.63, 3.8) is 0 Å². The van der Waals surface area contributed by atoms with Gasteiger partial charge in [-0.15, -0.1) is 0 Å². The molecule has 0 radical (unpaired) electrons. The summed E-state index contributed by atoms with van der Waals surface area (Å²) in [5.74, 6) is -0.839. The second-order valence-electron chi connectivity index (χ2n) is 10.3. The summed E-state index contributed by atoms with van der Waals surface area (Å²) in [7, 11) is -6.46. The van der Waals surface area contributed by atoms with Crippen LogP contribution in [0.15, 0.2) is 82.6 Å². The molecule has 3 atom stereocenters. The minimum absolute atomic E-state index is 0.00942. The van der Waals surface area contributed by atoms with E-state index in [0.717, 1.165) is 5.56 Å². The van der Waals surface area contributed by atoms with Crippen LogP contribution in [0.5, 0.6) is 5.75 Å². The van der Waals surface area contributed by atoms with E-state index in [1.165, 1.54) is 40.5 Å². The lowest BCUT2D eigenvalue weighted by Gasteiger charge is -2.38. The molecule has 12 heteroatoms. The van der Waals surface area contributed by atoms with Crippen molar-refractivity contribution in [2.75, 3.05) is 31.5 Å². The molecule has 1 aliphatic rings. The quantitative estimate of drug-likeness (QED) is 0.384. The van der Waals surface area contributed by atoms with Crippen molar-refractivity contribution in [1.82, 2.24) is 9.21 Å². The van der Waals surface area contributed by atoms with Crippen molar-refractivity contribution < 1.29 is 31.5 Å². The maximum absolute atomic E-state index is 13.7. The van der Waals surface area contributed by atoms with E-state index in [1.807, 2.05) is 13.8 Å². The number of anilines is 1. The lowest BCUT2D eigenvalue weighted by atomic mass is 9.99. The van der Waals surface area contributed by atoms with Crippen LogP contribution < -0.4 is 9.46 Å². The SMILES string of the molecule is Cc1ccc(S(=O)(=O)N(C)C[C@H]2Oc3c(NS(=O)(=O)c4ccccc4)cccc3C(=O)N([C@H](C)CO)C[C@H]2C)cc1. The Morgan fingerprint density at radius 2 is 1.66 bits per heavy atom. The van der Waals surface area contributed by atoms with Crippen LogP contribution in [0.1, 0.15) is 29.8 Å². The highest BCUT2D eigenvalue weighted by atomic mass is 32.2. The Balaban J connectivity index is 1.76. The highest BCUT2D eigenvalue weighted by molar-refractivity contribution is 7.92. The van der Waals surface area contributed by atoms with E-state index in [0.29, 0.717) is 0 Å². The minimum Gasteiger partial charge on any atom is -0.486 e. The number of ether oxygens (including phenoxy) is 1. The van der Waals surface area contributed by atoms with Crippen LogP contribution in [0, 0.1) is 12.8 Å². The van der Waals surface area contributed by atoms with Gasteiger partial charge in [0.25, 0.3) is 15.9 Å².